The molecular formula is C132H84N6S4. The predicted molar refractivity (Wildman–Crippen MR) is 610 cm³/mol. The second-order valence-electron chi connectivity index (χ2n) is 37.5. The summed E-state index contributed by atoms with van der Waals surface area (Å²) >= 11 is 7.19. The van der Waals surface area contributed by atoms with Crippen LogP contribution in [0.3, 0.4) is 0 Å². The van der Waals surface area contributed by atoms with Crippen molar-refractivity contribution in [2.75, 3.05) is 4.90 Å². The first kappa shape index (κ1) is 83.1. The minimum absolute atomic E-state index is 0.0907. The van der Waals surface area contributed by atoms with Crippen LogP contribution in [-0.4, -0.2) is 24.1 Å². The number of anilines is 3. The Kier molecular flexibility index (Phi) is 19.7. The van der Waals surface area contributed by atoms with Gasteiger partial charge in [0, 0.05) is 155 Å². The SMILES string of the molecule is CC1(C)c2ccccc2-c2ccc(N(c3ccc(-c4ccccc4)cc3)c3ccc(-c4nc5sc6ccccc6c5c5ccccc45)cc3)cc21.c1ccc(-n2c3ccccc3c3cc(-c4ccc5c(c4)c4ccccc4n5-c4ccc(-c5nc6sc7ccccc7c6c6ccccc56)cc4)ccc32)cc1.c1ccc2c(c1)sc1ccc(-c3ccc(-c4nc5sc6ccccc6c5c5ccccc45)cc3)cc12. The smallest absolute Gasteiger partial charge is 0.125 e. The van der Waals surface area contributed by atoms with Crippen molar-refractivity contribution in [2.24, 2.45) is 0 Å². The molecule has 0 spiro atoms. The number of pyridine rings is 3. The topological polar surface area (TPSA) is 51.8 Å². The summed E-state index contributed by atoms with van der Waals surface area (Å²) < 4.78 is 11.3. The summed E-state index contributed by atoms with van der Waals surface area (Å²) in [5, 5.41) is 22.6. The van der Waals surface area contributed by atoms with E-state index in [9.17, 15) is 0 Å². The average molecular weight is 1880 g/mol. The van der Waals surface area contributed by atoms with Crippen molar-refractivity contribution < 1.29 is 0 Å². The highest BCUT2D eigenvalue weighted by Crippen LogP contribution is 2.53. The van der Waals surface area contributed by atoms with Gasteiger partial charge in [-0.15, -0.1) is 45.3 Å². The second-order valence-corrected chi connectivity index (χ2v) is 41.7. The Morgan fingerprint density at radius 2 is 0.507 bits per heavy atom. The molecule has 0 saturated carbocycles. The van der Waals surface area contributed by atoms with E-state index in [4.69, 9.17) is 15.0 Å². The van der Waals surface area contributed by atoms with Crippen LogP contribution in [0.15, 0.2) is 473 Å². The van der Waals surface area contributed by atoms with Gasteiger partial charge in [-0.05, 0) is 205 Å². The van der Waals surface area contributed by atoms with Gasteiger partial charge in [-0.3, -0.25) is 0 Å². The average Bonchev–Trinajstić information content (AvgIpc) is 1.59. The van der Waals surface area contributed by atoms with Crippen LogP contribution in [0.25, 0.3) is 247 Å². The number of hydrogen-bond donors (Lipinski definition) is 0. The summed E-state index contributed by atoms with van der Waals surface area (Å²) in [5.74, 6) is 0. The normalized spacial score (nSPS) is 12.4. The van der Waals surface area contributed by atoms with Crippen molar-refractivity contribution in [3.8, 4) is 89.7 Å². The molecule has 142 heavy (non-hydrogen) atoms. The molecular weight excluding hydrogens is 1800 g/mol. The molecule has 9 aromatic heterocycles. The minimum atomic E-state index is -0.0907. The molecule has 6 nitrogen and oxygen atoms in total. The Bertz CT molecular complexity index is 10100. The zero-order valence-corrected chi connectivity index (χ0v) is 80.6. The predicted octanol–water partition coefficient (Wildman–Crippen LogP) is 38.1. The van der Waals surface area contributed by atoms with Crippen molar-refractivity contribution >= 4 is 219 Å². The fraction of sp³-hybridized carbons (Fsp3) is 0.0227. The van der Waals surface area contributed by atoms with Crippen LogP contribution in [-0.2, 0) is 5.41 Å². The summed E-state index contributed by atoms with van der Waals surface area (Å²) in [6, 6.07) is 172. The Morgan fingerprint density at radius 1 is 0.197 bits per heavy atom. The molecule has 0 N–H and O–H groups in total. The van der Waals surface area contributed by atoms with Gasteiger partial charge in [0.1, 0.15) is 14.5 Å². The highest BCUT2D eigenvalue weighted by atomic mass is 32.1. The number of nitrogens with zero attached hydrogens (tertiary/aromatic N) is 6. The van der Waals surface area contributed by atoms with E-state index in [2.05, 4.69) is 501 Å². The third-order valence-corrected chi connectivity index (χ3v) is 33.5. The lowest BCUT2D eigenvalue weighted by Crippen LogP contribution is -2.16. The van der Waals surface area contributed by atoms with Crippen molar-refractivity contribution in [2.45, 2.75) is 19.3 Å². The van der Waals surface area contributed by atoms with Gasteiger partial charge in [-0.2, -0.15) is 0 Å². The van der Waals surface area contributed by atoms with Gasteiger partial charge in [0.05, 0.1) is 39.1 Å². The first-order valence-electron chi connectivity index (χ1n) is 48.3. The minimum Gasteiger partial charge on any atom is -0.310 e. The number of benzene rings is 20. The van der Waals surface area contributed by atoms with E-state index in [0.717, 1.165) is 71.0 Å². The summed E-state index contributed by atoms with van der Waals surface area (Å²) in [5.41, 5.74) is 29.6. The first-order chi connectivity index (χ1) is 70.2. The van der Waals surface area contributed by atoms with E-state index in [1.807, 2.05) is 11.3 Å². The molecule has 20 aromatic carbocycles. The highest BCUT2D eigenvalue weighted by Gasteiger charge is 2.36. The molecule has 0 unspecified atom stereocenters. The standard InChI is InChI=1S/C51H31N3S.C48H34N2S.C33H19NS2/c1-2-12-35(13-3-1)53-44-19-9-6-14-37(44)42-30-33(24-28-46(42)53)34-25-29-47-43(31-34)38-15-7-10-20-45(38)54(47)36-26-22-32(23-27-36)50-40-17-5-4-16-39(40)49-41-18-8-11-21-48(41)55-51(49)52-50;1-48(2)42-18-10-8-14-37(42)38-29-28-36(30-43(38)48)50(34-24-20-32(21-25-34)31-12-4-3-5-13-31)35-26-22-33(23-27-35)46-40-16-7-6-15-39(40)45-41-17-9-11-19-44(41)51-47(45)49-46;1-2-9-25-24(8-1)31-26-10-4-6-12-29(26)36-33(31)34-32(25)21-15-13-20(14-16-21)22-17-18-30-27(19-22)23-7-3-5-11-28(23)35-30/h1-31H;3-30H,1-2H3;1-19H. The molecule has 0 bridgehead atoms. The zero-order chi connectivity index (χ0) is 93.8. The maximum atomic E-state index is 5.32. The molecule has 9 heterocycles. The fourth-order valence-corrected chi connectivity index (χ4v) is 26.8. The summed E-state index contributed by atoms with van der Waals surface area (Å²) in [4.78, 5) is 21.5. The highest BCUT2D eigenvalue weighted by molar-refractivity contribution is 7.27. The molecule has 10 heteroatoms. The van der Waals surface area contributed by atoms with E-state index in [1.54, 1.807) is 34.0 Å². The number of fused-ring (bicyclic) bond motifs is 27. The van der Waals surface area contributed by atoms with Crippen molar-refractivity contribution in [3.05, 3.63) is 484 Å². The maximum Gasteiger partial charge on any atom is 0.125 e. The Labute approximate surface area is 834 Å². The van der Waals surface area contributed by atoms with E-state index < -0.39 is 0 Å². The lowest BCUT2D eigenvalue weighted by molar-refractivity contribution is 0.660. The molecule has 1 aliphatic carbocycles. The molecule has 0 saturated heterocycles. The van der Waals surface area contributed by atoms with Gasteiger partial charge >= 0.3 is 0 Å². The molecule has 0 fully saturated rings. The third kappa shape index (κ3) is 13.7. The number of para-hydroxylation sites is 3. The van der Waals surface area contributed by atoms with Gasteiger partial charge in [0.25, 0.3) is 0 Å². The fourth-order valence-electron chi connectivity index (χ4n) is 22.4. The summed E-state index contributed by atoms with van der Waals surface area (Å²) in [6.45, 7) is 4.69. The van der Waals surface area contributed by atoms with E-state index in [1.165, 1.54) is 204 Å². The molecule has 0 atom stereocenters. The van der Waals surface area contributed by atoms with Gasteiger partial charge in [0.2, 0.25) is 0 Å². The van der Waals surface area contributed by atoms with Crippen molar-refractivity contribution in [1.29, 1.82) is 0 Å². The maximum absolute atomic E-state index is 5.32. The lowest BCUT2D eigenvalue weighted by Gasteiger charge is -2.28. The molecule has 1 aliphatic rings. The van der Waals surface area contributed by atoms with Gasteiger partial charge in [-0.1, -0.05) is 354 Å². The molecule has 29 aromatic rings. The lowest BCUT2D eigenvalue weighted by atomic mass is 9.82. The number of thiophene rings is 4. The van der Waals surface area contributed by atoms with Crippen LogP contribution in [0.2, 0.25) is 0 Å². The van der Waals surface area contributed by atoms with Gasteiger partial charge in [0.15, 0.2) is 0 Å². The molecule has 0 aliphatic heterocycles. The zero-order valence-electron chi connectivity index (χ0n) is 77.3. The van der Waals surface area contributed by atoms with E-state index in [0.29, 0.717) is 0 Å². The van der Waals surface area contributed by atoms with Gasteiger partial charge < -0.3 is 14.0 Å². The van der Waals surface area contributed by atoms with Crippen LogP contribution in [0.5, 0.6) is 0 Å². The molecule has 666 valence electrons. The van der Waals surface area contributed by atoms with Crippen LogP contribution >= 0.6 is 45.3 Å². The molecule has 30 rings (SSSR count). The van der Waals surface area contributed by atoms with Crippen LogP contribution < -0.4 is 4.90 Å². The number of aromatic nitrogens is 5. The van der Waals surface area contributed by atoms with E-state index >= 15 is 0 Å². The monoisotopic (exact) mass is 1880 g/mol. The Morgan fingerprint density at radius 3 is 1.00 bits per heavy atom. The Balaban J connectivity index is 0.000000106. The van der Waals surface area contributed by atoms with Crippen molar-refractivity contribution in [3.63, 3.8) is 0 Å². The number of hydrogen-bond acceptors (Lipinski definition) is 8. The molecule has 0 radical (unpaired) electrons. The third-order valence-electron chi connectivity index (χ3n) is 29.1. The molecule has 0 amide bonds. The first-order valence-corrected chi connectivity index (χ1v) is 51.6. The Hall–Kier alpha value is -17.1. The summed E-state index contributed by atoms with van der Waals surface area (Å²) in [6.07, 6.45) is 0. The summed E-state index contributed by atoms with van der Waals surface area (Å²) in [7, 11) is 0. The number of rotatable bonds is 11. The quantitative estimate of drug-likeness (QED) is 0.129. The van der Waals surface area contributed by atoms with Crippen molar-refractivity contribution in [1.82, 2.24) is 24.1 Å². The van der Waals surface area contributed by atoms with Crippen LogP contribution in [0.1, 0.15) is 25.0 Å². The van der Waals surface area contributed by atoms with Crippen LogP contribution in [0.4, 0.5) is 17.1 Å². The van der Waals surface area contributed by atoms with Crippen LogP contribution in [0, 0.1) is 0 Å². The second kappa shape index (κ2) is 33.6. The largest absolute Gasteiger partial charge is 0.310 e. The van der Waals surface area contributed by atoms with E-state index in [-0.39, 0.29) is 5.41 Å². The van der Waals surface area contributed by atoms with Gasteiger partial charge in [-0.25, -0.2) is 15.0 Å².